The summed E-state index contributed by atoms with van der Waals surface area (Å²) in [6.07, 6.45) is 0.829. The number of nitrogens with one attached hydrogen (secondary N) is 1. The highest BCUT2D eigenvalue weighted by atomic mass is 35.5. The molecule has 0 radical (unpaired) electrons. The lowest BCUT2D eigenvalue weighted by Crippen LogP contribution is -2.24. The molecule has 0 fully saturated rings. The fraction of sp³-hybridized carbons (Fsp3) is 0.250. The summed E-state index contributed by atoms with van der Waals surface area (Å²) in [4.78, 5) is 0. The smallest absolute Gasteiger partial charge is 0.142 e. The zero-order chi connectivity index (χ0) is 15.4. The summed E-state index contributed by atoms with van der Waals surface area (Å²) in [7, 11) is 0. The van der Waals surface area contributed by atoms with E-state index in [1.54, 1.807) is 6.07 Å². The van der Waals surface area contributed by atoms with Crippen LogP contribution in [0.5, 0.6) is 0 Å². The molecule has 21 heavy (non-hydrogen) atoms. The molecule has 0 heterocycles. The molecule has 1 nitrogen and oxygen atoms in total. The average molecular weight is 314 g/mol. The largest absolute Gasteiger partial charge is 0.306 e. The van der Waals surface area contributed by atoms with Crippen LogP contribution in [0.15, 0.2) is 36.4 Å². The highest BCUT2D eigenvalue weighted by Crippen LogP contribution is 2.27. The van der Waals surface area contributed by atoms with Gasteiger partial charge in [0.2, 0.25) is 0 Å². The van der Waals surface area contributed by atoms with E-state index in [0.717, 1.165) is 12.5 Å². The fourth-order valence-corrected chi connectivity index (χ4v) is 2.24. The monoisotopic (exact) mass is 313 g/mol. The highest BCUT2D eigenvalue weighted by molar-refractivity contribution is 6.30. The topological polar surface area (TPSA) is 12.0 Å². The average Bonchev–Trinajstić information content (AvgIpc) is 2.44. The maximum Gasteiger partial charge on any atom is 0.142 e. The third-order valence-corrected chi connectivity index (χ3v) is 3.46. The van der Waals surface area contributed by atoms with Crippen molar-refractivity contribution in [2.24, 2.45) is 0 Å². The molecule has 0 saturated heterocycles. The molecule has 1 atom stereocenters. The molecule has 1 unspecified atom stereocenters. The SMILES string of the molecule is CCCNC(c1ccc(Cl)c(F)c1)c1ccc(F)cc1F. The van der Waals surface area contributed by atoms with Gasteiger partial charge in [-0.25, -0.2) is 13.2 Å². The van der Waals surface area contributed by atoms with Crippen LogP contribution >= 0.6 is 11.6 Å². The normalized spacial score (nSPS) is 12.4. The van der Waals surface area contributed by atoms with Gasteiger partial charge in [0.15, 0.2) is 0 Å². The maximum atomic E-state index is 14.0. The molecule has 0 aliphatic heterocycles. The van der Waals surface area contributed by atoms with E-state index in [1.165, 1.54) is 24.3 Å². The summed E-state index contributed by atoms with van der Waals surface area (Å²) in [6.45, 7) is 2.58. The molecule has 0 saturated carbocycles. The lowest BCUT2D eigenvalue weighted by molar-refractivity contribution is 0.530. The minimum Gasteiger partial charge on any atom is -0.306 e. The predicted octanol–water partition coefficient (Wildman–Crippen LogP) is 4.85. The van der Waals surface area contributed by atoms with E-state index in [4.69, 9.17) is 11.6 Å². The molecule has 112 valence electrons. The van der Waals surface area contributed by atoms with Crippen molar-refractivity contribution in [3.05, 3.63) is 70.0 Å². The van der Waals surface area contributed by atoms with Crippen LogP contribution < -0.4 is 5.32 Å². The van der Waals surface area contributed by atoms with Gasteiger partial charge in [0, 0.05) is 11.6 Å². The van der Waals surface area contributed by atoms with Gasteiger partial charge in [-0.1, -0.05) is 30.7 Å². The summed E-state index contributed by atoms with van der Waals surface area (Å²) >= 11 is 5.67. The molecule has 2 aromatic rings. The molecule has 5 heteroatoms. The van der Waals surface area contributed by atoms with Crippen molar-refractivity contribution < 1.29 is 13.2 Å². The van der Waals surface area contributed by atoms with Crippen molar-refractivity contribution in [1.82, 2.24) is 5.32 Å². The van der Waals surface area contributed by atoms with Crippen LogP contribution in [0, 0.1) is 17.5 Å². The van der Waals surface area contributed by atoms with Gasteiger partial charge in [-0.15, -0.1) is 0 Å². The van der Waals surface area contributed by atoms with E-state index in [2.05, 4.69) is 5.32 Å². The highest BCUT2D eigenvalue weighted by Gasteiger charge is 2.19. The van der Waals surface area contributed by atoms with Gasteiger partial charge < -0.3 is 5.32 Å². The van der Waals surface area contributed by atoms with E-state index >= 15 is 0 Å². The van der Waals surface area contributed by atoms with Gasteiger partial charge in [-0.2, -0.15) is 0 Å². The second kappa shape index (κ2) is 6.96. The molecule has 0 aromatic heterocycles. The van der Waals surface area contributed by atoms with Crippen molar-refractivity contribution in [1.29, 1.82) is 0 Å². The van der Waals surface area contributed by atoms with Crippen molar-refractivity contribution in [3.63, 3.8) is 0 Å². The van der Waals surface area contributed by atoms with Gasteiger partial charge in [-0.05, 0) is 36.7 Å². The summed E-state index contributed by atoms with van der Waals surface area (Å²) in [5.41, 5.74) is 0.808. The van der Waals surface area contributed by atoms with Gasteiger partial charge in [0.25, 0.3) is 0 Å². The standard InChI is InChI=1S/C16H15ClF3N/c1-2-7-21-16(10-3-6-13(17)15(20)8-10)12-5-4-11(18)9-14(12)19/h3-6,8-9,16,21H,2,7H2,1H3. The Morgan fingerprint density at radius 1 is 1.05 bits per heavy atom. The van der Waals surface area contributed by atoms with E-state index in [9.17, 15) is 13.2 Å². The molecule has 0 bridgehead atoms. The zero-order valence-electron chi connectivity index (χ0n) is 11.5. The van der Waals surface area contributed by atoms with Crippen LogP contribution in [-0.2, 0) is 0 Å². The fourth-order valence-electron chi connectivity index (χ4n) is 2.12. The lowest BCUT2D eigenvalue weighted by Gasteiger charge is -2.20. The molecular weight excluding hydrogens is 299 g/mol. The van der Waals surface area contributed by atoms with E-state index in [1.807, 2.05) is 6.92 Å². The van der Waals surface area contributed by atoms with Gasteiger partial charge >= 0.3 is 0 Å². The molecule has 0 spiro atoms. The molecule has 1 N–H and O–H groups in total. The number of halogens is 4. The van der Waals surface area contributed by atoms with Crippen molar-refractivity contribution in [2.45, 2.75) is 19.4 Å². The first-order chi connectivity index (χ1) is 10.0. The van der Waals surface area contributed by atoms with Crippen LogP contribution in [0.1, 0.15) is 30.5 Å². The van der Waals surface area contributed by atoms with Crippen LogP contribution in [0.25, 0.3) is 0 Å². The van der Waals surface area contributed by atoms with Crippen LogP contribution in [0.4, 0.5) is 13.2 Å². The molecular formula is C16H15ClF3N. The second-order valence-electron chi connectivity index (χ2n) is 4.73. The Labute approximate surface area is 126 Å². The van der Waals surface area contributed by atoms with Crippen LogP contribution in [0.2, 0.25) is 5.02 Å². The van der Waals surface area contributed by atoms with Crippen molar-refractivity contribution in [2.75, 3.05) is 6.54 Å². The number of benzene rings is 2. The summed E-state index contributed by atoms with van der Waals surface area (Å²) < 4.78 is 40.7. The molecule has 0 aliphatic rings. The van der Waals surface area contributed by atoms with Crippen molar-refractivity contribution in [3.8, 4) is 0 Å². The quantitative estimate of drug-likeness (QED) is 0.832. The molecule has 2 aromatic carbocycles. The number of hydrogen-bond acceptors (Lipinski definition) is 1. The van der Waals surface area contributed by atoms with E-state index < -0.39 is 23.5 Å². The summed E-state index contributed by atoms with van der Waals surface area (Å²) in [5.74, 6) is -1.88. The zero-order valence-corrected chi connectivity index (χ0v) is 12.2. The minimum absolute atomic E-state index is 0.00701. The van der Waals surface area contributed by atoms with Gasteiger partial charge in [-0.3, -0.25) is 0 Å². The van der Waals surface area contributed by atoms with E-state index in [-0.39, 0.29) is 10.6 Å². The Bertz CT molecular complexity index is 631. The number of hydrogen-bond donors (Lipinski definition) is 1. The Balaban J connectivity index is 2.44. The first kappa shape index (κ1) is 15.9. The first-order valence-electron chi connectivity index (χ1n) is 6.66. The Morgan fingerprint density at radius 2 is 1.81 bits per heavy atom. The van der Waals surface area contributed by atoms with Crippen molar-refractivity contribution >= 4 is 11.6 Å². The maximum absolute atomic E-state index is 14.0. The van der Waals surface area contributed by atoms with Crippen LogP contribution in [-0.4, -0.2) is 6.54 Å². The number of rotatable bonds is 5. The lowest BCUT2D eigenvalue weighted by atomic mass is 9.97. The Hall–Kier alpha value is -1.52. The van der Waals surface area contributed by atoms with Gasteiger partial charge in [0.05, 0.1) is 11.1 Å². The third-order valence-electron chi connectivity index (χ3n) is 3.15. The Kier molecular flexibility index (Phi) is 5.26. The molecule has 0 amide bonds. The van der Waals surface area contributed by atoms with E-state index in [0.29, 0.717) is 12.1 Å². The second-order valence-corrected chi connectivity index (χ2v) is 5.13. The Morgan fingerprint density at radius 3 is 2.43 bits per heavy atom. The third kappa shape index (κ3) is 3.77. The molecule has 0 aliphatic carbocycles. The summed E-state index contributed by atoms with van der Waals surface area (Å²) in [5, 5.41) is 3.14. The molecule has 2 rings (SSSR count). The van der Waals surface area contributed by atoms with Gasteiger partial charge in [0.1, 0.15) is 17.5 Å². The van der Waals surface area contributed by atoms with Crippen LogP contribution in [0.3, 0.4) is 0 Å². The summed E-state index contributed by atoms with van der Waals surface area (Å²) in [6, 6.07) is 7.13. The first-order valence-corrected chi connectivity index (χ1v) is 7.04. The predicted molar refractivity (Wildman–Crippen MR) is 77.9 cm³/mol. The minimum atomic E-state index is -0.668.